The molecule has 1 aromatic carbocycles. The van der Waals surface area contributed by atoms with E-state index in [9.17, 15) is 27.3 Å². The van der Waals surface area contributed by atoms with Crippen molar-refractivity contribution in [1.82, 2.24) is 15.3 Å². The molecule has 2 aromatic heterocycles. The fraction of sp³-hybridized carbons (Fsp3) is 0.471. The van der Waals surface area contributed by atoms with Gasteiger partial charge in [-0.2, -0.15) is 23.0 Å². The Kier molecular flexibility index (Phi) is 15.0. The lowest BCUT2D eigenvalue weighted by atomic mass is 10.1. The van der Waals surface area contributed by atoms with Crippen molar-refractivity contribution in [2.45, 2.75) is 78.2 Å². The lowest BCUT2D eigenvalue weighted by Gasteiger charge is -2.28. The van der Waals surface area contributed by atoms with Crippen molar-refractivity contribution in [3.63, 3.8) is 0 Å². The molecule has 5 atom stereocenters. The van der Waals surface area contributed by atoms with Gasteiger partial charge in [0.15, 0.2) is 6.73 Å². The number of rotatable bonds is 17. The molecule has 0 radical (unpaired) electrons. The molecule has 0 aliphatic carbocycles. The molecular formula is C34H43F3N6O8P2+2. The van der Waals surface area contributed by atoms with Crippen LogP contribution in [-0.4, -0.2) is 72.8 Å². The van der Waals surface area contributed by atoms with Gasteiger partial charge in [-0.15, -0.1) is 4.52 Å². The van der Waals surface area contributed by atoms with Crippen molar-refractivity contribution >= 4 is 56.6 Å². The summed E-state index contributed by atoms with van der Waals surface area (Å²) in [4.78, 5) is 28.2. The van der Waals surface area contributed by atoms with Gasteiger partial charge in [0.25, 0.3) is 19.7 Å². The van der Waals surface area contributed by atoms with Crippen molar-refractivity contribution in [2.75, 3.05) is 31.5 Å². The average Bonchev–Trinajstić information content (AvgIpc) is 3.42. The number of nitriles is 1. The summed E-state index contributed by atoms with van der Waals surface area (Å²) < 4.78 is 76.7. The Bertz CT molecular complexity index is 1890. The number of hydrogen-bond donors (Lipinski definition) is 3. The van der Waals surface area contributed by atoms with Crippen LogP contribution in [0.3, 0.4) is 0 Å². The van der Waals surface area contributed by atoms with Crippen molar-refractivity contribution in [3.05, 3.63) is 64.3 Å². The monoisotopic (exact) mass is 782 g/mol. The molecule has 1 saturated heterocycles. The van der Waals surface area contributed by atoms with Gasteiger partial charge in [0, 0.05) is 60.5 Å². The van der Waals surface area contributed by atoms with Gasteiger partial charge < -0.3 is 28.8 Å². The van der Waals surface area contributed by atoms with Gasteiger partial charge in [0.2, 0.25) is 24.7 Å². The number of fused-ring (bicyclic) bond motifs is 1. The second-order valence-corrected chi connectivity index (χ2v) is 14.9. The summed E-state index contributed by atoms with van der Waals surface area (Å²) in [5.41, 5.74) is 1.36. The summed E-state index contributed by atoms with van der Waals surface area (Å²) in [6.45, 7) is 10.1. The summed E-state index contributed by atoms with van der Waals surface area (Å²) in [6.07, 6.45) is -3.60. The van der Waals surface area contributed by atoms with Crippen LogP contribution in [0.2, 0.25) is 0 Å². The van der Waals surface area contributed by atoms with Crippen LogP contribution in [0.15, 0.2) is 51.8 Å². The largest absolute Gasteiger partial charge is 0.556 e. The number of nitrogens with zero attached hydrogens (tertiary/aromatic N) is 4. The van der Waals surface area contributed by atoms with Gasteiger partial charge in [-0.3, -0.25) is 10.1 Å². The minimum Gasteiger partial charge on any atom is -0.422 e. The van der Waals surface area contributed by atoms with Crippen LogP contribution < -0.4 is 31.0 Å². The van der Waals surface area contributed by atoms with Crippen LogP contribution in [0.25, 0.3) is 23.1 Å². The van der Waals surface area contributed by atoms with Crippen LogP contribution in [0.5, 0.6) is 0 Å². The van der Waals surface area contributed by atoms with Crippen molar-refractivity contribution in [2.24, 2.45) is 0 Å². The third-order valence-corrected chi connectivity index (χ3v) is 11.3. The normalized spacial score (nSPS) is 18.8. The van der Waals surface area contributed by atoms with E-state index in [4.69, 9.17) is 28.4 Å². The van der Waals surface area contributed by atoms with Crippen molar-refractivity contribution in [1.29, 1.82) is 5.26 Å². The maximum Gasteiger partial charge on any atom is 0.556 e. The molecular weight excluding hydrogens is 739 g/mol. The Morgan fingerprint density at radius 1 is 1.21 bits per heavy atom. The maximum absolute atomic E-state index is 13.2. The summed E-state index contributed by atoms with van der Waals surface area (Å²) >= 11 is 0. The molecule has 1 aliphatic rings. The number of alkyl halides is 3. The highest BCUT2D eigenvalue weighted by molar-refractivity contribution is 7.48. The first kappa shape index (κ1) is 41.9. The van der Waals surface area contributed by atoms with E-state index < -0.39 is 47.2 Å². The number of benzene rings is 1. The molecule has 3 N–H and O–H groups in total. The summed E-state index contributed by atoms with van der Waals surface area (Å²) in [5.74, 6) is -0.519. The van der Waals surface area contributed by atoms with Crippen molar-refractivity contribution in [3.8, 4) is 6.07 Å². The third-order valence-electron chi connectivity index (χ3n) is 8.28. The molecule has 0 spiro atoms. The highest BCUT2D eigenvalue weighted by atomic mass is 31.2. The van der Waals surface area contributed by atoms with Gasteiger partial charge in [-0.1, -0.05) is 0 Å². The van der Waals surface area contributed by atoms with Crippen LogP contribution in [0, 0.1) is 11.3 Å². The highest BCUT2D eigenvalue weighted by Gasteiger charge is 2.43. The Balaban J connectivity index is 1.54. The smallest absolute Gasteiger partial charge is 0.422 e. The number of pyridine rings is 1. The van der Waals surface area contributed by atoms with E-state index in [1.807, 2.05) is 51.4 Å². The van der Waals surface area contributed by atoms with Crippen LogP contribution in [0.1, 0.15) is 52.3 Å². The standard InChI is InChI=1S/C34H42F3N6O8P2/c1-6-41(7-2)27-11-8-24-16-25(32(45)50-30(24)17-27)9-10-26-12-13-28(52(47)48-21-40-33(46)34(35,36)37)18-42(26)19-31(44)39-20-49-53-43(22(3)4)23(5)29(51-53)14-15-38/h8-13,16-18,22-23,29,33,40,46H,6-7,14,19-21H2,1-5H3/q+1/p+1. The van der Waals surface area contributed by atoms with E-state index in [0.717, 1.165) is 18.8 Å². The quantitative estimate of drug-likeness (QED) is 0.0752. The Morgan fingerprint density at radius 2 is 1.94 bits per heavy atom. The first-order chi connectivity index (χ1) is 25.2. The number of anilines is 1. The molecule has 0 saturated carbocycles. The van der Waals surface area contributed by atoms with Gasteiger partial charge in [0.05, 0.1) is 24.2 Å². The first-order valence-electron chi connectivity index (χ1n) is 16.8. The SMILES string of the molecule is CCN(CC)c1ccc2cc(C=Cc3ccc([P+](=O)OCNC(O)C(F)(F)F)c[n+]3CC(=O)NCOP3OC(CC#N)C(C)N3C(C)C)c(=O)oc2c1. The van der Waals surface area contributed by atoms with E-state index in [2.05, 4.69) is 16.3 Å². The second kappa shape index (κ2) is 19.0. The molecule has 14 nitrogen and oxygen atoms in total. The Hall–Kier alpha value is -3.84. The summed E-state index contributed by atoms with van der Waals surface area (Å²) in [6, 6.07) is 12.3. The number of carbonyl (C=O) groups excluding carboxylic acids is 1. The van der Waals surface area contributed by atoms with Gasteiger partial charge in [-0.25, -0.2) is 9.46 Å². The Morgan fingerprint density at radius 3 is 2.60 bits per heavy atom. The predicted molar refractivity (Wildman–Crippen MR) is 193 cm³/mol. The van der Waals surface area contributed by atoms with Gasteiger partial charge >= 0.3 is 19.8 Å². The topological polar surface area (TPSA) is 170 Å². The highest BCUT2D eigenvalue weighted by Crippen LogP contribution is 2.53. The number of aromatic nitrogens is 1. The molecule has 0 bridgehead atoms. The minimum absolute atomic E-state index is 0.0339. The molecule has 3 heterocycles. The number of amides is 1. The second-order valence-electron chi connectivity index (χ2n) is 12.2. The molecule has 1 amide bonds. The van der Waals surface area contributed by atoms with Gasteiger partial charge in [0.1, 0.15) is 12.3 Å². The van der Waals surface area contributed by atoms with Crippen LogP contribution in [0.4, 0.5) is 18.9 Å². The van der Waals surface area contributed by atoms with E-state index in [-0.39, 0.29) is 48.8 Å². The fourth-order valence-electron chi connectivity index (χ4n) is 5.51. The van der Waals surface area contributed by atoms with Crippen molar-refractivity contribution < 1.29 is 50.2 Å². The number of hydrogen-bond acceptors (Lipinski definition) is 12. The lowest BCUT2D eigenvalue weighted by Crippen LogP contribution is -2.46. The minimum atomic E-state index is -4.95. The predicted octanol–water partition coefficient (Wildman–Crippen LogP) is 4.64. The molecule has 1 fully saturated rings. The zero-order valence-electron chi connectivity index (χ0n) is 29.9. The maximum atomic E-state index is 13.2. The van der Waals surface area contributed by atoms with E-state index in [1.165, 1.54) is 29.0 Å². The average molecular weight is 783 g/mol. The molecule has 5 unspecified atom stereocenters. The fourth-order valence-corrected chi connectivity index (χ4v) is 8.06. The Labute approximate surface area is 306 Å². The summed E-state index contributed by atoms with van der Waals surface area (Å²) in [5, 5.41) is 23.4. The number of aliphatic hydroxyl groups is 1. The van der Waals surface area contributed by atoms with Gasteiger partial charge in [-0.05, 0) is 63.5 Å². The molecule has 286 valence electrons. The number of aliphatic hydroxyl groups excluding tert-OH is 1. The first-order valence-corrected chi connectivity index (χ1v) is 19.1. The zero-order chi connectivity index (χ0) is 38.9. The third kappa shape index (κ3) is 11.1. The molecule has 1 aliphatic heterocycles. The molecule has 3 aromatic rings. The molecule has 19 heteroatoms. The number of nitrogens with one attached hydrogen (secondary N) is 2. The number of carbonyl (C=O) groups is 1. The summed E-state index contributed by atoms with van der Waals surface area (Å²) in [7, 11) is -4.29. The van der Waals surface area contributed by atoms with Crippen LogP contribution in [-0.2, 0) is 29.5 Å². The number of halogens is 3. The van der Waals surface area contributed by atoms with E-state index in [0.29, 0.717) is 16.7 Å². The zero-order valence-corrected chi connectivity index (χ0v) is 31.7. The lowest BCUT2D eigenvalue weighted by molar-refractivity contribution is -0.685. The molecule has 4 rings (SSSR count). The van der Waals surface area contributed by atoms with E-state index in [1.54, 1.807) is 23.5 Å². The van der Waals surface area contributed by atoms with E-state index >= 15 is 0 Å². The van der Waals surface area contributed by atoms with Crippen LogP contribution >= 0.6 is 16.6 Å². The molecule has 53 heavy (non-hydrogen) atoms.